The third kappa shape index (κ3) is 3.55. The van der Waals surface area contributed by atoms with Crippen LogP contribution < -0.4 is 10.5 Å². The first-order chi connectivity index (χ1) is 9.01. The van der Waals surface area contributed by atoms with E-state index in [1.165, 1.54) is 5.56 Å². The van der Waals surface area contributed by atoms with Gasteiger partial charge in [-0.3, -0.25) is 0 Å². The van der Waals surface area contributed by atoms with Crippen LogP contribution in [0.1, 0.15) is 31.7 Å². The summed E-state index contributed by atoms with van der Waals surface area (Å²) in [7, 11) is -3.40. The molecule has 1 aliphatic rings. The van der Waals surface area contributed by atoms with Crippen LogP contribution in [0, 0.1) is 5.41 Å². The van der Waals surface area contributed by atoms with E-state index in [0.29, 0.717) is 18.0 Å². The Morgan fingerprint density at radius 3 is 2.37 bits per heavy atom. The van der Waals surface area contributed by atoms with E-state index in [0.717, 1.165) is 25.7 Å². The van der Waals surface area contributed by atoms with Crippen LogP contribution in [0.5, 0.6) is 0 Å². The predicted octanol–water partition coefficient (Wildman–Crippen LogP) is 1.66. The van der Waals surface area contributed by atoms with E-state index in [2.05, 4.69) is 11.6 Å². The maximum absolute atomic E-state index is 12.1. The monoisotopic (exact) mass is 282 g/mol. The molecule has 0 saturated heterocycles. The molecule has 106 valence electrons. The highest BCUT2D eigenvalue weighted by Gasteiger charge is 2.41. The Kier molecular flexibility index (Phi) is 4.28. The van der Waals surface area contributed by atoms with Crippen molar-refractivity contribution in [3.05, 3.63) is 29.8 Å². The van der Waals surface area contributed by atoms with Gasteiger partial charge in [0, 0.05) is 6.54 Å². The van der Waals surface area contributed by atoms with Crippen molar-refractivity contribution in [2.75, 3.05) is 13.1 Å². The van der Waals surface area contributed by atoms with Gasteiger partial charge in [-0.05, 0) is 48.9 Å². The van der Waals surface area contributed by atoms with Gasteiger partial charge < -0.3 is 5.73 Å². The third-order valence-electron chi connectivity index (χ3n) is 3.80. The molecular formula is C14H22N2O2S. The third-order valence-corrected chi connectivity index (χ3v) is 5.22. The first-order valence-electron chi connectivity index (χ1n) is 6.80. The van der Waals surface area contributed by atoms with Crippen molar-refractivity contribution < 1.29 is 8.42 Å². The van der Waals surface area contributed by atoms with Crippen LogP contribution in [0.4, 0.5) is 0 Å². The molecule has 0 radical (unpaired) electrons. The highest BCUT2D eigenvalue weighted by Crippen LogP contribution is 2.43. The molecule has 0 amide bonds. The molecule has 1 aromatic rings. The molecule has 0 heterocycles. The molecule has 4 nitrogen and oxygen atoms in total. The number of sulfonamides is 1. The van der Waals surface area contributed by atoms with E-state index in [4.69, 9.17) is 5.73 Å². The number of hydrogen-bond donors (Lipinski definition) is 2. The van der Waals surface area contributed by atoms with Crippen LogP contribution in [-0.4, -0.2) is 21.5 Å². The zero-order valence-electron chi connectivity index (χ0n) is 11.4. The second-order valence-corrected chi connectivity index (χ2v) is 7.19. The van der Waals surface area contributed by atoms with Gasteiger partial charge in [0.05, 0.1) is 4.90 Å². The summed E-state index contributed by atoms with van der Waals surface area (Å²) < 4.78 is 27.0. The zero-order chi connectivity index (χ0) is 13.9. The molecule has 1 aromatic carbocycles. The van der Waals surface area contributed by atoms with Gasteiger partial charge in [0.15, 0.2) is 0 Å². The molecule has 2 rings (SSSR count). The molecule has 0 atom stereocenters. The lowest BCUT2D eigenvalue weighted by molar-refractivity contribution is 0.501. The zero-order valence-corrected chi connectivity index (χ0v) is 12.2. The minimum absolute atomic E-state index is 0.00915. The summed E-state index contributed by atoms with van der Waals surface area (Å²) in [6.07, 6.45) is 4.07. The van der Waals surface area contributed by atoms with E-state index >= 15 is 0 Å². The smallest absolute Gasteiger partial charge is 0.240 e. The molecule has 1 saturated carbocycles. The molecule has 0 spiro atoms. The van der Waals surface area contributed by atoms with E-state index < -0.39 is 10.0 Å². The number of nitrogens with one attached hydrogen (secondary N) is 1. The lowest BCUT2D eigenvalue weighted by Crippen LogP contribution is -2.33. The fraction of sp³-hybridized carbons (Fsp3) is 0.571. The van der Waals surface area contributed by atoms with Gasteiger partial charge >= 0.3 is 0 Å². The quantitative estimate of drug-likeness (QED) is 0.799. The van der Waals surface area contributed by atoms with Gasteiger partial charge in [0.25, 0.3) is 0 Å². The van der Waals surface area contributed by atoms with Crippen molar-refractivity contribution in [2.24, 2.45) is 11.1 Å². The van der Waals surface area contributed by atoms with Gasteiger partial charge in [-0.15, -0.1) is 0 Å². The number of rotatable bonds is 7. The number of benzene rings is 1. The highest BCUT2D eigenvalue weighted by molar-refractivity contribution is 7.89. The van der Waals surface area contributed by atoms with Crippen LogP contribution in [0.15, 0.2) is 29.2 Å². The molecule has 1 fully saturated rings. The van der Waals surface area contributed by atoms with Crippen molar-refractivity contribution in [3.8, 4) is 0 Å². The Labute approximate surface area is 115 Å². The summed E-state index contributed by atoms with van der Waals surface area (Å²) in [6.45, 7) is 3.10. The Balaban J connectivity index is 2.02. The topological polar surface area (TPSA) is 72.2 Å². The molecule has 0 bridgehead atoms. The number of nitrogens with two attached hydrogens (primary N) is 1. The normalized spacial score (nSPS) is 17.4. The van der Waals surface area contributed by atoms with Gasteiger partial charge in [0.2, 0.25) is 10.0 Å². The fourth-order valence-electron chi connectivity index (χ4n) is 2.09. The lowest BCUT2D eigenvalue weighted by Gasteiger charge is -2.13. The minimum atomic E-state index is -3.40. The van der Waals surface area contributed by atoms with Crippen molar-refractivity contribution in [1.82, 2.24) is 4.72 Å². The maximum Gasteiger partial charge on any atom is 0.240 e. The summed E-state index contributed by atoms with van der Waals surface area (Å²) in [4.78, 5) is 0.333. The van der Waals surface area contributed by atoms with Crippen molar-refractivity contribution in [2.45, 2.75) is 37.5 Å². The molecule has 0 unspecified atom stereocenters. The molecule has 19 heavy (non-hydrogen) atoms. The summed E-state index contributed by atoms with van der Waals surface area (Å²) in [5.74, 6) is 0. The van der Waals surface area contributed by atoms with E-state index in [1.54, 1.807) is 12.1 Å². The Hall–Kier alpha value is -0.910. The van der Waals surface area contributed by atoms with Gasteiger partial charge in [-0.1, -0.05) is 25.5 Å². The van der Waals surface area contributed by atoms with Crippen LogP contribution in [0.3, 0.4) is 0 Å². The second-order valence-electron chi connectivity index (χ2n) is 5.42. The van der Waals surface area contributed by atoms with E-state index in [1.807, 2.05) is 12.1 Å². The molecule has 0 aromatic heterocycles. The van der Waals surface area contributed by atoms with Gasteiger partial charge in [-0.25, -0.2) is 13.1 Å². The van der Waals surface area contributed by atoms with E-state index in [-0.39, 0.29) is 5.41 Å². The highest BCUT2D eigenvalue weighted by atomic mass is 32.2. The molecule has 0 aliphatic heterocycles. The van der Waals surface area contributed by atoms with Gasteiger partial charge in [-0.2, -0.15) is 0 Å². The second kappa shape index (κ2) is 5.61. The standard InChI is InChI=1S/C14H22N2O2S/c1-2-3-12-4-6-13(7-5-12)19(17,18)16-11-14(10-15)8-9-14/h4-7,16H,2-3,8-11,15H2,1H3. The number of hydrogen-bond acceptors (Lipinski definition) is 3. The Morgan fingerprint density at radius 1 is 1.26 bits per heavy atom. The number of aryl methyl sites for hydroxylation is 1. The van der Waals surface area contributed by atoms with Crippen LogP contribution in [-0.2, 0) is 16.4 Å². The summed E-state index contributed by atoms with van der Waals surface area (Å²) in [5, 5.41) is 0. The average molecular weight is 282 g/mol. The largest absolute Gasteiger partial charge is 0.330 e. The van der Waals surface area contributed by atoms with Gasteiger partial charge in [0.1, 0.15) is 0 Å². The maximum atomic E-state index is 12.1. The minimum Gasteiger partial charge on any atom is -0.330 e. The first-order valence-corrected chi connectivity index (χ1v) is 8.28. The van der Waals surface area contributed by atoms with Crippen LogP contribution in [0.2, 0.25) is 0 Å². The lowest BCUT2D eigenvalue weighted by atomic mass is 10.1. The van der Waals surface area contributed by atoms with Crippen LogP contribution >= 0.6 is 0 Å². The summed E-state index contributed by atoms with van der Waals surface area (Å²) in [6, 6.07) is 7.12. The molecule has 5 heteroatoms. The Morgan fingerprint density at radius 2 is 1.89 bits per heavy atom. The summed E-state index contributed by atoms with van der Waals surface area (Å²) >= 11 is 0. The molecular weight excluding hydrogens is 260 g/mol. The van der Waals surface area contributed by atoms with E-state index in [9.17, 15) is 8.42 Å². The first kappa shape index (κ1) is 14.5. The Bertz CT molecular complexity index is 519. The van der Waals surface area contributed by atoms with Crippen molar-refractivity contribution >= 4 is 10.0 Å². The fourth-order valence-corrected chi connectivity index (χ4v) is 3.24. The predicted molar refractivity (Wildman–Crippen MR) is 76.3 cm³/mol. The summed E-state index contributed by atoms with van der Waals surface area (Å²) in [5.41, 5.74) is 6.83. The molecule has 1 aliphatic carbocycles. The van der Waals surface area contributed by atoms with Crippen molar-refractivity contribution in [1.29, 1.82) is 0 Å². The van der Waals surface area contributed by atoms with Crippen LogP contribution in [0.25, 0.3) is 0 Å². The van der Waals surface area contributed by atoms with Crippen molar-refractivity contribution in [3.63, 3.8) is 0 Å². The average Bonchev–Trinajstić information content (AvgIpc) is 3.18. The SMILES string of the molecule is CCCc1ccc(S(=O)(=O)NCC2(CN)CC2)cc1. The molecule has 3 N–H and O–H groups in total.